The van der Waals surface area contributed by atoms with Gasteiger partial charge in [0.15, 0.2) is 5.82 Å². The standard InChI is InChI=1S/C27H37N7O/c1-19-9-7-8-15-32(19)18-14-28-27(35)22-12-16-33(17-13-22)26-25-24(20(2)29-30-26)21(3)34(31-25)23-10-5-4-6-11-23/h4-6,10-11,19,22H,7-9,12-18H2,1-3H3,(H,28,35)/t19-/m1/s1. The van der Waals surface area contributed by atoms with Gasteiger partial charge in [-0.3, -0.25) is 9.69 Å². The Labute approximate surface area is 207 Å². The molecule has 8 nitrogen and oxygen atoms in total. The first-order chi connectivity index (χ1) is 17.0. The molecule has 1 atom stereocenters. The summed E-state index contributed by atoms with van der Waals surface area (Å²) < 4.78 is 1.98. The van der Waals surface area contributed by atoms with Crippen molar-refractivity contribution in [2.75, 3.05) is 37.6 Å². The monoisotopic (exact) mass is 475 g/mol. The second-order valence-corrected chi connectivity index (χ2v) is 10.1. The Morgan fingerprint density at radius 3 is 2.54 bits per heavy atom. The van der Waals surface area contributed by atoms with Crippen LogP contribution < -0.4 is 10.2 Å². The van der Waals surface area contributed by atoms with Gasteiger partial charge in [0.25, 0.3) is 0 Å². The van der Waals surface area contributed by atoms with Crippen LogP contribution in [0.2, 0.25) is 0 Å². The minimum absolute atomic E-state index is 0.0579. The molecule has 0 unspecified atom stereocenters. The molecule has 2 fully saturated rings. The van der Waals surface area contributed by atoms with E-state index in [0.29, 0.717) is 6.04 Å². The molecule has 0 spiro atoms. The van der Waals surface area contributed by atoms with E-state index >= 15 is 0 Å². The number of aromatic nitrogens is 4. The third-order valence-corrected chi connectivity index (χ3v) is 7.79. The Balaban J connectivity index is 1.24. The van der Waals surface area contributed by atoms with Gasteiger partial charge in [0, 0.05) is 38.1 Å². The number of benzene rings is 1. The highest BCUT2D eigenvalue weighted by Crippen LogP contribution is 2.31. The highest BCUT2D eigenvalue weighted by molar-refractivity contribution is 5.92. The van der Waals surface area contributed by atoms with Crippen LogP contribution in [-0.2, 0) is 4.79 Å². The van der Waals surface area contributed by atoms with Crippen LogP contribution in [0, 0.1) is 19.8 Å². The van der Waals surface area contributed by atoms with Gasteiger partial charge in [0.1, 0.15) is 5.52 Å². The number of aryl methyl sites for hydroxylation is 2. The first kappa shape index (κ1) is 23.7. The summed E-state index contributed by atoms with van der Waals surface area (Å²) in [5.74, 6) is 1.07. The van der Waals surface area contributed by atoms with Crippen LogP contribution in [0.5, 0.6) is 0 Å². The molecule has 35 heavy (non-hydrogen) atoms. The van der Waals surface area contributed by atoms with Gasteiger partial charge in [-0.25, -0.2) is 4.68 Å². The van der Waals surface area contributed by atoms with E-state index in [1.165, 1.54) is 19.3 Å². The Bertz CT molecular complexity index is 1170. The van der Waals surface area contributed by atoms with E-state index in [1.54, 1.807) is 0 Å². The van der Waals surface area contributed by atoms with Gasteiger partial charge in [-0.1, -0.05) is 24.6 Å². The van der Waals surface area contributed by atoms with Crippen molar-refractivity contribution in [1.82, 2.24) is 30.2 Å². The van der Waals surface area contributed by atoms with E-state index in [2.05, 4.69) is 51.3 Å². The molecule has 8 heteroatoms. The third kappa shape index (κ3) is 4.89. The fourth-order valence-corrected chi connectivity index (χ4v) is 5.66. The smallest absolute Gasteiger partial charge is 0.223 e. The van der Waals surface area contributed by atoms with Crippen molar-refractivity contribution >= 4 is 22.6 Å². The number of anilines is 1. The molecule has 2 saturated heterocycles. The van der Waals surface area contributed by atoms with Gasteiger partial charge in [-0.2, -0.15) is 10.2 Å². The Morgan fingerprint density at radius 1 is 1.03 bits per heavy atom. The fraction of sp³-hybridized carbons (Fsp3) is 0.556. The molecule has 1 aromatic carbocycles. The molecule has 1 N–H and O–H groups in total. The lowest BCUT2D eigenvalue weighted by molar-refractivity contribution is -0.125. The second kappa shape index (κ2) is 10.3. The number of carbonyl (C=O) groups excluding carboxylic acids is 1. The minimum atomic E-state index is 0.0579. The Morgan fingerprint density at radius 2 is 1.80 bits per heavy atom. The molecule has 3 aromatic rings. The van der Waals surface area contributed by atoms with E-state index < -0.39 is 0 Å². The van der Waals surface area contributed by atoms with Gasteiger partial charge in [0.05, 0.1) is 22.5 Å². The lowest BCUT2D eigenvalue weighted by Gasteiger charge is -2.34. The van der Waals surface area contributed by atoms with Gasteiger partial charge in [0.2, 0.25) is 5.91 Å². The van der Waals surface area contributed by atoms with Crippen molar-refractivity contribution in [2.24, 2.45) is 5.92 Å². The van der Waals surface area contributed by atoms with Crippen LogP contribution >= 0.6 is 0 Å². The molecule has 0 saturated carbocycles. The highest BCUT2D eigenvalue weighted by atomic mass is 16.1. The second-order valence-electron chi connectivity index (χ2n) is 10.1. The zero-order chi connectivity index (χ0) is 24.4. The lowest BCUT2D eigenvalue weighted by atomic mass is 9.95. The quantitative estimate of drug-likeness (QED) is 0.586. The molecule has 1 amide bonds. The summed E-state index contributed by atoms with van der Waals surface area (Å²) in [6, 6.07) is 10.8. The zero-order valence-corrected chi connectivity index (χ0v) is 21.2. The van der Waals surface area contributed by atoms with Crippen molar-refractivity contribution in [1.29, 1.82) is 0 Å². The molecule has 0 aliphatic carbocycles. The van der Waals surface area contributed by atoms with Crippen LogP contribution in [0.1, 0.15) is 50.4 Å². The molecule has 0 bridgehead atoms. The predicted octanol–water partition coefficient (Wildman–Crippen LogP) is 3.64. The predicted molar refractivity (Wildman–Crippen MR) is 139 cm³/mol. The number of likely N-dealkylation sites (tertiary alicyclic amines) is 1. The van der Waals surface area contributed by atoms with Gasteiger partial charge < -0.3 is 10.2 Å². The molecular formula is C27H37N7O. The van der Waals surface area contributed by atoms with Gasteiger partial charge in [-0.15, -0.1) is 5.10 Å². The molecule has 0 radical (unpaired) electrons. The number of carbonyl (C=O) groups is 1. The maximum Gasteiger partial charge on any atom is 0.223 e. The topological polar surface area (TPSA) is 79.2 Å². The van der Waals surface area contributed by atoms with E-state index in [1.807, 2.05) is 29.8 Å². The average Bonchev–Trinajstić information content (AvgIpc) is 3.24. The maximum absolute atomic E-state index is 12.8. The van der Waals surface area contributed by atoms with Gasteiger partial charge >= 0.3 is 0 Å². The SMILES string of the molecule is Cc1nnc(N2CCC(C(=O)NCCN3CCCC[C@H]3C)CC2)c2nn(-c3ccccc3)c(C)c12. The van der Waals surface area contributed by atoms with Crippen molar-refractivity contribution in [3.63, 3.8) is 0 Å². The summed E-state index contributed by atoms with van der Waals surface area (Å²) in [6.45, 7) is 10.8. The average molecular weight is 476 g/mol. The van der Waals surface area contributed by atoms with Crippen LogP contribution in [0.4, 0.5) is 5.82 Å². The van der Waals surface area contributed by atoms with E-state index in [-0.39, 0.29) is 11.8 Å². The molecular weight excluding hydrogens is 438 g/mol. The summed E-state index contributed by atoms with van der Waals surface area (Å²) in [4.78, 5) is 17.6. The van der Waals surface area contributed by atoms with Crippen LogP contribution in [0.3, 0.4) is 0 Å². The first-order valence-electron chi connectivity index (χ1n) is 13.1. The molecule has 2 aliphatic rings. The van der Waals surface area contributed by atoms with Gasteiger partial charge in [-0.05, 0) is 65.1 Å². The Hall–Kier alpha value is -3.00. The largest absolute Gasteiger partial charge is 0.355 e. The van der Waals surface area contributed by atoms with Crippen LogP contribution in [-0.4, -0.2) is 69.6 Å². The number of para-hydroxylation sites is 1. The number of nitrogens with zero attached hydrogens (tertiary/aromatic N) is 6. The van der Waals surface area contributed by atoms with Crippen molar-refractivity contribution < 1.29 is 4.79 Å². The summed E-state index contributed by atoms with van der Waals surface area (Å²) in [6.07, 6.45) is 5.51. The summed E-state index contributed by atoms with van der Waals surface area (Å²) in [5.41, 5.74) is 3.87. The van der Waals surface area contributed by atoms with E-state index in [9.17, 15) is 4.79 Å². The number of fused-ring (bicyclic) bond motifs is 1. The molecule has 2 aliphatic heterocycles. The third-order valence-electron chi connectivity index (χ3n) is 7.79. The van der Waals surface area contributed by atoms with Crippen molar-refractivity contribution in [3.8, 4) is 5.69 Å². The van der Waals surface area contributed by atoms with Crippen molar-refractivity contribution in [2.45, 2.75) is 58.9 Å². The first-order valence-corrected chi connectivity index (χ1v) is 13.1. The molecule has 2 aromatic heterocycles. The molecule has 4 heterocycles. The fourth-order valence-electron chi connectivity index (χ4n) is 5.66. The van der Waals surface area contributed by atoms with E-state index in [4.69, 9.17) is 5.10 Å². The zero-order valence-electron chi connectivity index (χ0n) is 21.2. The number of rotatable bonds is 6. The maximum atomic E-state index is 12.8. The number of piperidine rings is 2. The number of hydrogen-bond donors (Lipinski definition) is 1. The minimum Gasteiger partial charge on any atom is -0.355 e. The number of hydrogen-bond acceptors (Lipinski definition) is 6. The molecule has 5 rings (SSSR count). The lowest BCUT2D eigenvalue weighted by Crippen LogP contribution is -2.45. The summed E-state index contributed by atoms with van der Waals surface area (Å²) in [7, 11) is 0. The molecule has 186 valence electrons. The van der Waals surface area contributed by atoms with Crippen LogP contribution in [0.25, 0.3) is 16.6 Å². The normalized spacial score (nSPS) is 19.9. The van der Waals surface area contributed by atoms with Crippen molar-refractivity contribution in [3.05, 3.63) is 41.7 Å². The number of nitrogens with one attached hydrogen (secondary N) is 1. The van der Waals surface area contributed by atoms with E-state index in [0.717, 1.165) is 79.4 Å². The van der Waals surface area contributed by atoms with Crippen LogP contribution in [0.15, 0.2) is 30.3 Å². The summed E-state index contributed by atoms with van der Waals surface area (Å²) in [5, 5.41) is 18.2. The summed E-state index contributed by atoms with van der Waals surface area (Å²) >= 11 is 0. The number of amides is 1. The Kier molecular flexibility index (Phi) is 7.00. The highest BCUT2D eigenvalue weighted by Gasteiger charge is 2.28.